The highest BCUT2D eigenvalue weighted by molar-refractivity contribution is 5.86. The molecule has 2 spiro atoms. The van der Waals surface area contributed by atoms with Crippen LogP contribution in [0.3, 0.4) is 0 Å². The maximum atomic E-state index is 13.8. The van der Waals surface area contributed by atoms with Crippen LogP contribution in [0.2, 0.25) is 0 Å². The van der Waals surface area contributed by atoms with E-state index in [4.69, 9.17) is 19.4 Å². The number of imidazole rings is 2. The summed E-state index contributed by atoms with van der Waals surface area (Å²) in [5, 5.41) is 2.74. The van der Waals surface area contributed by atoms with E-state index in [0.29, 0.717) is 13.1 Å². The van der Waals surface area contributed by atoms with Crippen LogP contribution in [0.15, 0.2) is 48.7 Å². The lowest BCUT2D eigenvalue weighted by Gasteiger charge is -2.30. The molecule has 282 valence electrons. The molecule has 4 aromatic rings. The quantitative estimate of drug-likeness (QED) is 0.177. The second kappa shape index (κ2) is 13.2. The Morgan fingerprint density at radius 2 is 1.52 bits per heavy atom. The summed E-state index contributed by atoms with van der Waals surface area (Å²) >= 11 is 0. The fraction of sp³-hybridized carbons (Fsp3) is 0.500. The third kappa shape index (κ3) is 7.16. The first-order valence-electron chi connectivity index (χ1n) is 19.0. The Hall–Kier alpha value is -5.31. The van der Waals surface area contributed by atoms with E-state index in [1.807, 2.05) is 93.1 Å². The topological polar surface area (TPSA) is 146 Å². The molecule has 2 aromatic carbocycles. The SMILES string of the molecule is COC(=O)N[C@H](C(=O)N1CC2(CC2)C[C@H]1c1ncc(-c2ccc(C#Cc3ccc4nc([C@@H]5CC6(CC6)CN5C(=O)OC(C)(C)C)[nH]c4c3)cc2)[nH]1)C(C)C. The van der Waals surface area contributed by atoms with Gasteiger partial charge in [-0.15, -0.1) is 0 Å². The zero-order valence-corrected chi connectivity index (χ0v) is 31.9. The molecule has 2 saturated heterocycles. The van der Waals surface area contributed by atoms with Crippen molar-refractivity contribution in [3.05, 3.63) is 71.4 Å². The molecule has 8 rings (SSSR count). The van der Waals surface area contributed by atoms with Crippen LogP contribution in [0.1, 0.15) is 108 Å². The molecule has 0 bridgehead atoms. The highest BCUT2D eigenvalue weighted by Gasteiger charge is 2.56. The number of alkyl carbamates (subject to hydrolysis) is 1. The number of likely N-dealkylation sites (tertiary alicyclic amines) is 2. The van der Waals surface area contributed by atoms with E-state index in [2.05, 4.69) is 27.1 Å². The number of nitrogens with zero attached hydrogens (tertiary/aromatic N) is 4. The number of methoxy groups -OCH3 is 1. The zero-order valence-electron chi connectivity index (χ0n) is 31.9. The first kappa shape index (κ1) is 35.7. The Morgan fingerprint density at radius 1 is 0.889 bits per heavy atom. The summed E-state index contributed by atoms with van der Waals surface area (Å²) in [6.07, 6.45) is 7.11. The second-order valence-corrected chi connectivity index (χ2v) is 17.2. The Labute approximate surface area is 315 Å². The number of carbonyl (C=O) groups excluding carboxylic acids is 3. The molecular weight excluding hydrogens is 683 g/mol. The van der Waals surface area contributed by atoms with Gasteiger partial charge in [-0.3, -0.25) is 9.69 Å². The third-order valence-corrected chi connectivity index (χ3v) is 11.5. The van der Waals surface area contributed by atoms with Gasteiger partial charge >= 0.3 is 12.2 Å². The highest BCUT2D eigenvalue weighted by Crippen LogP contribution is 2.59. The number of H-pyrrole nitrogens is 2. The first-order valence-corrected chi connectivity index (χ1v) is 19.0. The lowest BCUT2D eigenvalue weighted by atomic mass is 10.0. The number of fused-ring (bicyclic) bond motifs is 1. The summed E-state index contributed by atoms with van der Waals surface area (Å²) in [5.41, 5.74) is 5.05. The Kier molecular flexibility index (Phi) is 8.74. The van der Waals surface area contributed by atoms with Crippen molar-refractivity contribution in [2.45, 2.75) is 96.9 Å². The summed E-state index contributed by atoms with van der Waals surface area (Å²) in [4.78, 5) is 59.4. The normalized spacial score (nSPS) is 21.3. The number of benzene rings is 2. The molecule has 4 aliphatic rings. The zero-order chi connectivity index (χ0) is 38.0. The molecule has 2 aliphatic heterocycles. The lowest BCUT2D eigenvalue weighted by Crippen LogP contribution is -2.51. The molecular formula is C42H49N7O5. The number of nitrogens with one attached hydrogen (secondary N) is 3. The monoisotopic (exact) mass is 731 g/mol. The molecule has 3 atom stereocenters. The molecule has 2 aromatic heterocycles. The van der Waals surface area contributed by atoms with Crippen LogP contribution in [0.25, 0.3) is 22.3 Å². The number of aromatic nitrogens is 4. The van der Waals surface area contributed by atoms with Crippen molar-refractivity contribution in [3.63, 3.8) is 0 Å². The second-order valence-electron chi connectivity index (χ2n) is 17.2. The van der Waals surface area contributed by atoms with E-state index in [1.165, 1.54) is 7.11 Å². The maximum absolute atomic E-state index is 13.8. The van der Waals surface area contributed by atoms with E-state index in [-0.39, 0.29) is 40.8 Å². The standard InChI is InChI=1S/C42H49N7O5/c1-25(2)34(47-38(51)53-6)37(50)48-23-41(15-16-41)20-32(48)35-43-22-31(46-35)28-12-9-26(10-13-28)7-8-27-11-14-29-30(19-27)45-36(44-29)33-21-42(17-18-42)24-49(33)39(52)54-40(3,4)5/h9-14,19,22,25,32-34H,15-18,20-21,23-24H2,1-6H3,(H,43,46)(H,44,45)(H,47,51)/t32-,33-,34-/m0/s1. The summed E-state index contributed by atoms with van der Waals surface area (Å²) in [7, 11) is 1.30. The molecule has 12 heteroatoms. The Morgan fingerprint density at radius 3 is 2.15 bits per heavy atom. The van der Waals surface area contributed by atoms with Gasteiger partial charge in [0.1, 0.15) is 23.3 Å². The van der Waals surface area contributed by atoms with Crippen LogP contribution in [0, 0.1) is 28.6 Å². The molecule has 3 N–H and O–H groups in total. The van der Waals surface area contributed by atoms with E-state index < -0.39 is 17.7 Å². The van der Waals surface area contributed by atoms with Crippen LogP contribution in [-0.4, -0.2) is 79.7 Å². The summed E-state index contributed by atoms with van der Waals surface area (Å²) in [6, 6.07) is 13.0. The lowest BCUT2D eigenvalue weighted by molar-refractivity contribution is -0.135. The minimum atomic E-state index is -0.681. The number of rotatable bonds is 6. The van der Waals surface area contributed by atoms with E-state index in [9.17, 15) is 14.4 Å². The van der Waals surface area contributed by atoms with Gasteiger partial charge in [-0.1, -0.05) is 37.8 Å². The third-order valence-electron chi connectivity index (χ3n) is 11.5. The maximum Gasteiger partial charge on any atom is 0.410 e. The number of hydrogen-bond acceptors (Lipinski definition) is 7. The van der Waals surface area contributed by atoms with Crippen molar-refractivity contribution in [1.29, 1.82) is 0 Å². The minimum absolute atomic E-state index is 0.0989. The summed E-state index contributed by atoms with van der Waals surface area (Å²) in [6.45, 7) is 10.9. The Bertz CT molecular complexity index is 2160. The van der Waals surface area contributed by atoms with Gasteiger partial charge in [0.2, 0.25) is 5.91 Å². The smallest absolute Gasteiger partial charge is 0.410 e. The van der Waals surface area contributed by atoms with Crippen molar-refractivity contribution in [1.82, 2.24) is 35.1 Å². The molecule has 4 fully saturated rings. The van der Waals surface area contributed by atoms with E-state index >= 15 is 0 Å². The number of ether oxygens (including phenoxy) is 2. The van der Waals surface area contributed by atoms with Crippen LogP contribution < -0.4 is 5.32 Å². The molecule has 12 nitrogen and oxygen atoms in total. The van der Waals surface area contributed by atoms with Crippen molar-refractivity contribution < 1.29 is 23.9 Å². The highest BCUT2D eigenvalue weighted by atomic mass is 16.6. The van der Waals surface area contributed by atoms with Crippen molar-refractivity contribution >= 4 is 29.1 Å². The van der Waals surface area contributed by atoms with Crippen molar-refractivity contribution in [3.8, 4) is 23.1 Å². The summed E-state index contributed by atoms with van der Waals surface area (Å²) < 4.78 is 10.6. The number of aromatic amines is 2. The van der Waals surface area contributed by atoms with Gasteiger partial charge < -0.3 is 29.7 Å². The molecule has 2 saturated carbocycles. The molecule has 4 heterocycles. The van der Waals surface area contributed by atoms with Crippen molar-refractivity contribution in [2.75, 3.05) is 20.2 Å². The fourth-order valence-corrected chi connectivity index (χ4v) is 8.10. The van der Waals surface area contributed by atoms with Crippen LogP contribution >= 0.6 is 0 Å². The van der Waals surface area contributed by atoms with Gasteiger partial charge in [0, 0.05) is 24.2 Å². The number of amides is 3. The minimum Gasteiger partial charge on any atom is -0.453 e. The van der Waals surface area contributed by atoms with Gasteiger partial charge in [-0.2, -0.15) is 0 Å². The largest absolute Gasteiger partial charge is 0.453 e. The first-order chi connectivity index (χ1) is 25.7. The number of carbonyl (C=O) groups is 3. The van der Waals surface area contributed by atoms with E-state index in [0.717, 1.165) is 83.6 Å². The molecule has 0 radical (unpaired) electrons. The average molecular weight is 732 g/mol. The average Bonchev–Trinajstić information content (AvgIpc) is 3.74. The van der Waals surface area contributed by atoms with Gasteiger partial charge in [0.05, 0.1) is 42.1 Å². The molecule has 2 aliphatic carbocycles. The molecule has 0 unspecified atom stereocenters. The molecule has 54 heavy (non-hydrogen) atoms. The van der Waals surface area contributed by atoms with Gasteiger partial charge in [-0.25, -0.2) is 19.6 Å². The van der Waals surface area contributed by atoms with Crippen molar-refractivity contribution in [2.24, 2.45) is 16.7 Å². The van der Waals surface area contributed by atoms with Gasteiger partial charge in [0.15, 0.2) is 0 Å². The van der Waals surface area contributed by atoms with Crippen LogP contribution in [-0.2, 0) is 14.3 Å². The number of hydrogen-bond donors (Lipinski definition) is 3. The predicted octanol–water partition coefficient (Wildman–Crippen LogP) is 7.25. The predicted molar refractivity (Wildman–Crippen MR) is 203 cm³/mol. The fourth-order valence-electron chi connectivity index (χ4n) is 8.10. The van der Waals surface area contributed by atoms with Crippen LogP contribution in [0.5, 0.6) is 0 Å². The van der Waals surface area contributed by atoms with E-state index in [1.54, 1.807) is 0 Å². The van der Waals surface area contributed by atoms with Gasteiger partial charge in [0.25, 0.3) is 0 Å². The summed E-state index contributed by atoms with van der Waals surface area (Å²) in [5.74, 6) is 7.92. The van der Waals surface area contributed by atoms with Crippen LogP contribution in [0.4, 0.5) is 9.59 Å². The molecule has 3 amide bonds. The van der Waals surface area contributed by atoms with Gasteiger partial charge in [-0.05, 0) is 112 Å². The Balaban J connectivity index is 0.956.